The minimum absolute atomic E-state index is 0.0824. The molecule has 1 saturated heterocycles. The SMILES string of the molecule is O=Cc1cnc2c(cnn2[C@@H]2CC3CNc4nnc(-c5cccc(F)c5O)cc4N3C2)c1. The molecule has 1 fully saturated rings. The van der Waals surface area contributed by atoms with E-state index in [9.17, 15) is 14.3 Å². The lowest BCUT2D eigenvalue weighted by molar-refractivity contribution is 0.112. The first-order valence-electron chi connectivity index (χ1n) is 10.3. The van der Waals surface area contributed by atoms with Crippen LogP contribution in [-0.4, -0.2) is 55.5 Å². The van der Waals surface area contributed by atoms with Gasteiger partial charge in [-0.1, -0.05) is 6.07 Å². The summed E-state index contributed by atoms with van der Waals surface area (Å²) in [6.45, 7) is 1.40. The summed E-state index contributed by atoms with van der Waals surface area (Å²) < 4.78 is 15.8. The Morgan fingerprint density at radius 1 is 1.19 bits per heavy atom. The quantitative estimate of drug-likeness (QED) is 0.477. The predicted octanol–water partition coefficient (Wildman–Crippen LogP) is 2.79. The number of hydrogen-bond donors (Lipinski definition) is 2. The molecule has 2 aliphatic heterocycles. The number of rotatable bonds is 3. The minimum Gasteiger partial charge on any atom is -0.504 e. The van der Waals surface area contributed by atoms with Gasteiger partial charge in [-0.25, -0.2) is 14.1 Å². The van der Waals surface area contributed by atoms with E-state index in [4.69, 9.17) is 0 Å². The zero-order chi connectivity index (χ0) is 21.8. The molecule has 0 saturated carbocycles. The van der Waals surface area contributed by atoms with Gasteiger partial charge in [-0.05, 0) is 30.7 Å². The Kier molecular flexibility index (Phi) is 4.07. The van der Waals surface area contributed by atoms with E-state index in [0.717, 1.165) is 29.4 Å². The van der Waals surface area contributed by atoms with Gasteiger partial charge in [0.1, 0.15) is 0 Å². The van der Waals surface area contributed by atoms with E-state index in [0.29, 0.717) is 35.7 Å². The highest BCUT2D eigenvalue weighted by atomic mass is 19.1. The molecule has 1 unspecified atom stereocenters. The molecule has 2 N–H and O–H groups in total. The molecule has 160 valence electrons. The average Bonchev–Trinajstić information content (AvgIpc) is 3.44. The van der Waals surface area contributed by atoms with Crippen molar-refractivity contribution in [3.05, 3.63) is 54.1 Å². The number of fused-ring (bicyclic) bond motifs is 4. The molecular formula is C22H18FN7O2. The number of phenols is 1. The van der Waals surface area contributed by atoms with Crippen LogP contribution in [0, 0.1) is 5.82 Å². The summed E-state index contributed by atoms with van der Waals surface area (Å²) in [4.78, 5) is 17.7. The molecule has 0 aliphatic carbocycles. The summed E-state index contributed by atoms with van der Waals surface area (Å²) >= 11 is 0. The second-order valence-corrected chi connectivity index (χ2v) is 8.06. The largest absolute Gasteiger partial charge is 0.504 e. The number of halogens is 1. The fourth-order valence-electron chi connectivity index (χ4n) is 4.64. The highest BCUT2D eigenvalue weighted by Crippen LogP contribution is 2.41. The highest BCUT2D eigenvalue weighted by Gasteiger charge is 2.38. The molecule has 6 rings (SSSR count). The van der Waals surface area contributed by atoms with Crippen molar-refractivity contribution in [1.29, 1.82) is 0 Å². The Hall–Kier alpha value is -4.08. The monoisotopic (exact) mass is 431 g/mol. The normalized spacial score (nSPS) is 19.5. The maximum atomic E-state index is 13.8. The van der Waals surface area contributed by atoms with E-state index >= 15 is 0 Å². The van der Waals surface area contributed by atoms with Crippen LogP contribution in [0.2, 0.25) is 0 Å². The van der Waals surface area contributed by atoms with E-state index in [1.807, 2.05) is 10.7 Å². The van der Waals surface area contributed by atoms with Crippen LogP contribution in [0.4, 0.5) is 15.9 Å². The first-order valence-corrected chi connectivity index (χ1v) is 10.3. The lowest BCUT2D eigenvalue weighted by atomic mass is 10.1. The Bertz CT molecular complexity index is 1370. The molecule has 9 nitrogen and oxygen atoms in total. The van der Waals surface area contributed by atoms with Crippen molar-refractivity contribution in [3.63, 3.8) is 0 Å². The fourth-order valence-corrected chi connectivity index (χ4v) is 4.64. The molecule has 5 heterocycles. The number of carbonyl (C=O) groups excluding carboxylic acids is 1. The van der Waals surface area contributed by atoms with Gasteiger partial charge in [0, 0.05) is 41.8 Å². The van der Waals surface area contributed by atoms with Crippen LogP contribution in [0.25, 0.3) is 22.3 Å². The van der Waals surface area contributed by atoms with E-state index < -0.39 is 11.6 Å². The van der Waals surface area contributed by atoms with E-state index in [1.165, 1.54) is 12.1 Å². The average molecular weight is 431 g/mol. The lowest BCUT2D eigenvalue weighted by Crippen LogP contribution is -2.39. The van der Waals surface area contributed by atoms with Gasteiger partial charge >= 0.3 is 0 Å². The lowest BCUT2D eigenvalue weighted by Gasteiger charge is -2.33. The third-order valence-corrected chi connectivity index (χ3v) is 6.18. The van der Waals surface area contributed by atoms with Crippen molar-refractivity contribution in [1.82, 2.24) is 25.0 Å². The zero-order valence-corrected chi connectivity index (χ0v) is 16.8. The van der Waals surface area contributed by atoms with Gasteiger partial charge in [-0.3, -0.25) is 4.79 Å². The van der Waals surface area contributed by atoms with Crippen molar-refractivity contribution in [2.45, 2.75) is 18.5 Å². The van der Waals surface area contributed by atoms with Crippen LogP contribution in [0.5, 0.6) is 5.75 Å². The summed E-state index contributed by atoms with van der Waals surface area (Å²) in [6, 6.07) is 8.25. The first kappa shape index (κ1) is 18.7. The van der Waals surface area contributed by atoms with Gasteiger partial charge in [0.15, 0.2) is 29.3 Å². The number of carbonyl (C=O) groups is 1. The van der Waals surface area contributed by atoms with Gasteiger partial charge in [-0.2, -0.15) is 5.10 Å². The second kappa shape index (κ2) is 6.98. The molecule has 10 heteroatoms. The molecular weight excluding hydrogens is 413 g/mol. The van der Waals surface area contributed by atoms with Gasteiger partial charge in [0.05, 0.1) is 23.6 Å². The van der Waals surface area contributed by atoms with E-state index in [1.54, 1.807) is 24.5 Å². The number of anilines is 2. The van der Waals surface area contributed by atoms with Crippen molar-refractivity contribution < 1.29 is 14.3 Å². The van der Waals surface area contributed by atoms with Crippen LogP contribution in [0.15, 0.2) is 42.7 Å². The molecule has 1 aromatic carbocycles. The number of hydrogen-bond acceptors (Lipinski definition) is 8. The maximum absolute atomic E-state index is 13.8. The predicted molar refractivity (Wildman–Crippen MR) is 115 cm³/mol. The molecule has 3 aromatic heterocycles. The highest BCUT2D eigenvalue weighted by molar-refractivity contribution is 5.84. The third kappa shape index (κ3) is 2.79. The van der Waals surface area contributed by atoms with Crippen molar-refractivity contribution in [3.8, 4) is 17.0 Å². The van der Waals surface area contributed by atoms with Crippen molar-refractivity contribution in [2.75, 3.05) is 23.3 Å². The third-order valence-electron chi connectivity index (χ3n) is 6.18. The number of benzene rings is 1. The molecule has 4 aromatic rings. The molecule has 2 atom stereocenters. The fraction of sp³-hybridized carbons (Fsp3) is 0.227. The molecule has 0 spiro atoms. The number of aldehydes is 1. The standard InChI is InChI=1S/C22H18FN7O2/c23-17-3-1-2-16(20(17)32)18-6-19-21(28-27-18)24-9-14-5-15(10-29(14)19)30-22-13(8-26-30)4-12(11-31)7-25-22/h1-4,6-8,11,14-15,32H,5,9-10H2,(H,24,28)/t14?,15-/m1/s1. The number of nitrogens with zero attached hydrogens (tertiary/aromatic N) is 6. The van der Waals surface area contributed by atoms with Gasteiger partial charge in [0.2, 0.25) is 0 Å². The first-order chi connectivity index (χ1) is 15.6. The smallest absolute Gasteiger partial charge is 0.172 e. The molecule has 0 amide bonds. The van der Waals surface area contributed by atoms with Crippen molar-refractivity contribution >= 4 is 28.8 Å². The van der Waals surface area contributed by atoms with E-state index in [2.05, 4.69) is 30.5 Å². The summed E-state index contributed by atoms with van der Waals surface area (Å²) in [5, 5.41) is 27.3. The molecule has 0 bridgehead atoms. The summed E-state index contributed by atoms with van der Waals surface area (Å²) in [5.41, 5.74) is 2.81. The van der Waals surface area contributed by atoms with E-state index in [-0.39, 0.29) is 12.1 Å². The van der Waals surface area contributed by atoms with Crippen molar-refractivity contribution in [2.24, 2.45) is 0 Å². The zero-order valence-electron chi connectivity index (χ0n) is 16.8. The second-order valence-electron chi connectivity index (χ2n) is 8.06. The Balaban J connectivity index is 1.36. The number of para-hydroxylation sites is 1. The number of aromatic hydroxyl groups is 1. The summed E-state index contributed by atoms with van der Waals surface area (Å²) in [5.74, 6) is -0.485. The Morgan fingerprint density at radius 2 is 2.09 bits per heavy atom. The molecule has 2 aliphatic rings. The number of phenolic OH excluding ortho intramolecular Hbond substituents is 1. The number of nitrogens with one attached hydrogen (secondary N) is 1. The Labute approximate surface area is 181 Å². The Morgan fingerprint density at radius 3 is 2.97 bits per heavy atom. The van der Waals surface area contributed by atoms with Crippen LogP contribution in [-0.2, 0) is 0 Å². The van der Waals surface area contributed by atoms with Gasteiger partial charge in [0.25, 0.3) is 0 Å². The summed E-state index contributed by atoms with van der Waals surface area (Å²) in [7, 11) is 0. The van der Waals surface area contributed by atoms with Crippen LogP contribution >= 0.6 is 0 Å². The van der Waals surface area contributed by atoms with Gasteiger partial charge in [-0.15, -0.1) is 10.2 Å². The summed E-state index contributed by atoms with van der Waals surface area (Å²) in [6.07, 6.45) is 4.91. The minimum atomic E-state index is -0.699. The van der Waals surface area contributed by atoms with Crippen LogP contribution in [0.1, 0.15) is 22.8 Å². The number of pyridine rings is 1. The topological polar surface area (TPSA) is 109 Å². The molecule has 32 heavy (non-hydrogen) atoms. The van der Waals surface area contributed by atoms with Crippen LogP contribution in [0.3, 0.4) is 0 Å². The van der Waals surface area contributed by atoms with Gasteiger partial charge < -0.3 is 15.3 Å². The molecule has 0 radical (unpaired) electrons. The maximum Gasteiger partial charge on any atom is 0.172 e. The number of aromatic nitrogens is 5. The van der Waals surface area contributed by atoms with Crippen LogP contribution < -0.4 is 10.2 Å².